The van der Waals surface area contributed by atoms with Gasteiger partial charge in [0.2, 0.25) is 0 Å². The van der Waals surface area contributed by atoms with Gasteiger partial charge in [-0.3, -0.25) is 4.99 Å². The van der Waals surface area contributed by atoms with Crippen molar-refractivity contribution in [2.45, 2.75) is 6.42 Å². The van der Waals surface area contributed by atoms with Crippen LogP contribution in [0.15, 0.2) is 52.2 Å². The number of thiophene rings is 1. The van der Waals surface area contributed by atoms with Crippen LogP contribution < -0.4 is 0 Å². The molecule has 3 heterocycles. The van der Waals surface area contributed by atoms with Gasteiger partial charge in [0.25, 0.3) is 0 Å². The van der Waals surface area contributed by atoms with Crippen molar-refractivity contribution in [2.24, 2.45) is 4.99 Å². The number of aliphatic imine (C=N–C) groups is 1. The zero-order chi connectivity index (χ0) is 13.5. The fourth-order valence-corrected chi connectivity index (χ4v) is 4.80. The summed E-state index contributed by atoms with van der Waals surface area (Å²) in [6.07, 6.45) is 2.90. The summed E-state index contributed by atoms with van der Waals surface area (Å²) in [6, 6.07) is 8.81. The molecule has 4 heteroatoms. The van der Waals surface area contributed by atoms with Gasteiger partial charge in [-0.1, -0.05) is 30.0 Å². The van der Waals surface area contributed by atoms with Crippen LogP contribution in [0.4, 0.5) is 0 Å². The van der Waals surface area contributed by atoms with Gasteiger partial charge in [-0.25, -0.2) is 0 Å². The quantitative estimate of drug-likeness (QED) is 0.772. The molecule has 1 aromatic carbocycles. The van der Waals surface area contributed by atoms with E-state index in [-0.39, 0.29) is 0 Å². The fraction of sp³-hybridized carbons (Fsp3) is 0.188. The van der Waals surface area contributed by atoms with E-state index in [9.17, 15) is 0 Å². The second-order valence-electron chi connectivity index (χ2n) is 4.82. The highest BCUT2D eigenvalue weighted by atomic mass is 32.2. The van der Waals surface area contributed by atoms with Crippen molar-refractivity contribution in [3.8, 4) is 0 Å². The minimum Gasteiger partial charge on any atom is -0.318 e. The molecule has 2 aromatic rings. The SMILES string of the molecule is C=CCC1=C(c2cccc3sccc23)N2CCN=C2S1. The molecule has 0 spiro atoms. The van der Waals surface area contributed by atoms with Crippen LogP contribution in [0, 0.1) is 0 Å². The first-order valence-corrected chi connectivity index (χ1v) is 8.38. The third kappa shape index (κ3) is 1.75. The van der Waals surface area contributed by atoms with Gasteiger partial charge in [0.05, 0.1) is 12.2 Å². The van der Waals surface area contributed by atoms with Crippen LogP contribution >= 0.6 is 23.1 Å². The maximum atomic E-state index is 4.61. The Morgan fingerprint density at radius 2 is 2.30 bits per heavy atom. The van der Waals surface area contributed by atoms with Gasteiger partial charge in [0, 0.05) is 27.1 Å². The molecule has 100 valence electrons. The van der Waals surface area contributed by atoms with E-state index < -0.39 is 0 Å². The average Bonchev–Trinajstić information content (AvgIpc) is 3.12. The lowest BCUT2D eigenvalue weighted by Gasteiger charge is -2.18. The second-order valence-corrected chi connectivity index (χ2v) is 6.83. The molecule has 0 aliphatic carbocycles. The van der Waals surface area contributed by atoms with Gasteiger partial charge in [-0.05, 0) is 23.9 Å². The van der Waals surface area contributed by atoms with Gasteiger partial charge in [0.1, 0.15) is 0 Å². The molecular weight excluding hydrogens is 284 g/mol. The minimum atomic E-state index is 0.910. The Balaban J connectivity index is 1.93. The van der Waals surface area contributed by atoms with Crippen molar-refractivity contribution < 1.29 is 0 Å². The molecule has 1 aromatic heterocycles. The minimum absolute atomic E-state index is 0.910. The van der Waals surface area contributed by atoms with Crippen LogP contribution in [-0.2, 0) is 0 Å². The summed E-state index contributed by atoms with van der Waals surface area (Å²) in [5.74, 6) is 0. The number of amidine groups is 1. The largest absolute Gasteiger partial charge is 0.318 e. The van der Waals surface area contributed by atoms with E-state index in [0.717, 1.165) is 24.7 Å². The first-order valence-electron chi connectivity index (χ1n) is 6.69. The van der Waals surface area contributed by atoms with Crippen LogP contribution in [-0.4, -0.2) is 23.2 Å². The molecule has 0 N–H and O–H groups in total. The van der Waals surface area contributed by atoms with E-state index in [4.69, 9.17) is 0 Å². The van der Waals surface area contributed by atoms with E-state index in [1.807, 2.05) is 17.8 Å². The highest BCUT2D eigenvalue weighted by Crippen LogP contribution is 2.45. The molecule has 0 saturated heterocycles. The standard InChI is InChI=1S/C16H14N2S2/c1-2-4-14-15(18-9-8-17-16(18)20-14)12-5-3-6-13-11(12)7-10-19-13/h2-3,5-7,10H,1,4,8-9H2. The number of hydrogen-bond acceptors (Lipinski definition) is 4. The van der Waals surface area contributed by atoms with Crippen molar-refractivity contribution in [3.05, 3.63) is 52.8 Å². The molecule has 4 rings (SSSR count). The number of benzene rings is 1. The summed E-state index contributed by atoms with van der Waals surface area (Å²) in [7, 11) is 0. The molecule has 2 aliphatic rings. The number of hydrogen-bond donors (Lipinski definition) is 0. The summed E-state index contributed by atoms with van der Waals surface area (Å²) in [4.78, 5) is 8.35. The van der Waals surface area contributed by atoms with Crippen LogP contribution in [0.2, 0.25) is 0 Å². The third-order valence-corrected chi connectivity index (χ3v) is 5.65. The van der Waals surface area contributed by atoms with Crippen molar-refractivity contribution >= 4 is 44.0 Å². The van der Waals surface area contributed by atoms with Gasteiger partial charge < -0.3 is 4.90 Å². The lowest BCUT2D eigenvalue weighted by molar-refractivity contribution is 0.648. The summed E-state index contributed by atoms with van der Waals surface area (Å²) < 4.78 is 1.35. The molecule has 0 atom stereocenters. The van der Waals surface area contributed by atoms with E-state index in [0.29, 0.717) is 0 Å². The highest BCUT2D eigenvalue weighted by molar-refractivity contribution is 8.17. The molecule has 0 radical (unpaired) electrons. The maximum absolute atomic E-state index is 4.61. The van der Waals surface area contributed by atoms with Crippen molar-refractivity contribution in [1.82, 2.24) is 4.90 Å². The summed E-state index contributed by atoms with van der Waals surface area (Å²) in [6.45, 7) is 5.80. The Kier molecular flexibility index (Phi) is 2.93. The van der Waals surface area contributed by atoms with Gasteiger partial charge in [-0.15, -0.1) is 17.9 Å². The van der Waals surface area contributed by atoms with E-state index >= 15 is 0 Å². The molecule has 0 bridgehead atoms. The van der Waals surface area contributed by atoms with Crippen LogP contribution in [0.1, 0.15) is 12.0 Å². The summed E-state index contributed by atoms with van der Waals surface area (Å²) in [5, 5.41) is 4.68. The molecule has 0 amide bonds. The third-order valence-electron chi connectivity index (χ3n) is 3.63. The highest BCUT2D eigenvalue weighted by Gasteiger charge is 2.32. The van der Waals surface area contributed by atoms with E-state index in [2.05, 4.69) is 46.1 Å². The first kappa shape index (κ1) is 12.2. The number of thioether (sulfide) groups is 1. The Hall–Kier alpha value is -1.52. The topological polar surface area (TPSA) is 15.6 Å². The first-order chi connectivity index (χ1) is 9.88. The van der Waals surface area contributed by atoms with Crippen LogP contribution in [0.5, 0.6) is 0 Å². The second kappa shape index (κ2) is 4.79. The van der Waals surface area contributed by atoms with Gasteiger partial charge in [-0.2, -0.15) is 0 Å². The van der Waals surface area contributed by atoms with Crippen LogP contribution in [0.25, 0.3) is 15.8 Å². The van der Waals surface area contributed by atoms with Crippen molar-refractivity contribution in [2.75, 3.05) is 13.1 Å². The predicted molar refractivity (Wildman–Crippen MR) is 90.2 cm³/mol. The van der Waals surface area contributed by atoms with E-state index in [1.54, 1.807) is 11.3 Å². The number of rotatable bonds is 3. The maximum Gasteiger partial charge on any atom is 0.168 e. The lowest BCUT2D eigenvalue weighted by atomic mass is 10.1. The normalized spacial score (nSPS) is 17.8. The summed E-state index contributed by atoms with van der Waals surface area (Å²) >= 11 is 3.61. The average molecular weight is 298 g/mol. The number of nitrogens with zero attached hydrogens (tertiary/aromatic N) is 2. The number of allylic oxidation sites excluding steroid dienone is 2. The lowest BCUT2D eigenvalue weighted by Crippen LogP contribution is -2.20. The zero-order valence-corrected chi connectivity index (χ0v) is 12.6. The van der Waals surface area contributed by atoms with Gasteiger partial charge in [0.15, 0.2) is 5.17 Å². The number of fused-ring (bicyclic) bond motifs is 2. The summed E-state index contributed by atoms with van der Waals surface area (Å²) in [5.41, 5.74) is 2.68. The molecule has 2 aliphatic heterocycles. The monoisotopic (exact) mass is 298 g/mol. The Labute approximate surface area is 126 Å². The fourth-order valence-electron chi connectivity index (χ4n) is 2.80. The molecule has 0 fully saturated rings. The van der Waals surface area contributed by atoms with Crippen LogP contribution in [0.3, 0.4) is 0 Å². The zero-order valence-electron chi connectivity index (χ0n) is 11.0. The van der Waals surface area contributed by atoms with E-state index in [1.165, 1.54) is 26.3 Å². The Bertz CT molecular complexity index is 755. The molecule has 20 heavy (non-hydrogen) atoms. The molecule has 2 nitrogen and oxygen atoms in total. The smallest absolute Gasteiger partial charge is 0.168 e. The Morgan fingerprint density at radius 3 is 3.20 bits per heavy atom. The predicted octanol–water partition coefficient (Wildman–Crippen LogP) is 4.56. The molecular formula is C16H14N2S2. The van der Waals surface area contributed by atoms with Crippen molar-refractivity contribution in [3.63, 3.8) is 0 Å². The molecule has 0 saturated carbocycles. The van der Waals surface area contributed by atoms with Crippen molar-refractivity contribution in [1.29, 1.82) is 0 Å². The molecule has 0 unspecified atom stereocenters. The Morgan fingerprint density at radius 1 is 1.35 bits per heavy atom. The van der Waals surface area contributed by atoms with Gasteiger partial charge >= 0.3 is 0 Å².